The molecule has 88 valence electrons. The molecule has 0 saturated carbocycles. The number of allylic oxidation sites excluding steroid dienone is 4. The van der Waals surface area contributed by atoms with Crippen LogP contribution >= 0.6 is 0 Å². The summed E-state index contributed by atoms with van der Waals surface area (Å²) >= 11 is 0. The first kappa shape index (κ1) is 12.4. The minimum absolute atomic E-state index is 0.0550. The lowest BCUT2D eigenvalue weighted by atomic mass is 9.88. The number of aliphatic carboxylic acids is 2. The van der Waals surface area contributed by atoms with E-state index >= 15 is 0 Å². The molecule has 0 aliphatic heterocycles. The predicted octanol–water partition coefficient (Wildman–Crippen LogP) is -0.264. The van der Waals surface area contributed by atoms with E-state index in [0.717, 1.165) is 0 Å². The van der Waals surface area contributed by atoms with E-state index in [1.165, 1.54) is 0 Å². The van der Waals surface area contributed by atoms with Crippen molar-refractivity contribution in [2.24, 2.45) is 17.7 Å². The highest BCUT2D eigenvalue weighted by atomic mass is 16.4. The average molecular weight is 226 g/mol. The van der Waals surface area contributed by atoms with Gasteiger partial charge in [-0.1, -0.05) is 24.3 Å². The molecule has 16 heavy (non-hydrogen) atoms. The van der Waals surface area contributed by atoms with Gasteiger partial charge in [-0.2, -0.15) is 0 Å². The Kier molecular flexibility index (Phi) is 4.21. The second kappa shape index (κ2) is 5.43. The third-order valence-electron chi connectivity index (χ3n) is 2.55. The van der Waals surface area contributed by atoms with Crippen molar-refractivity contribution < 1.29 is 19.8 Å². The number of carbonyl (C=O) groups is 2. The average Bonchev–Trinajstić information content (AvgIpc) is 2.71. The fourth-order valence-electron chi connectivity index (χ4n) is 1.63. The molecule has 0 aromatic rings. The van der Waals surface area contributed by atoms with Gasteiger partial charge in [-0.25, -0.2) is 5.43 Å². The van der Waals surface area contributed by atoms with Crippen molar-refractivity contribution in [3.63, 3.8) is 0 Å². The highest BCUT2D eigenvalue weighted by Crippen LogP contribution is 2.24. The number of hydrogen-bond acceptors (Lipinski definition) is 4. The Morgan fingerprint density at radius 3 is 2.19 bits per heavy atom. The molecule has 1 rings (SSSR count). The molecule has 0 fully saturated rings. The summed E-state index contributed by atoms with van der Waals surface area (Å²) in [4.78, 5) is 21.8. The van der Waals surface area contributed by atoms with Crippen LogP contribution in [0.5, 0.6) is 0 Å². The van der Waals surface area contributed by atoms with Crippen LogP contribution in [-0.2, 0) is 9.59 Å². The van der Waals surface area contributed by atoms with Gasteiger partial charge in [0.15, 0.2) is 0 Å². The van der Waals surface area contributed by atoms with Gasteiger partial charge in [0.1, 0.15) is 6.04 Å². The lowest BCUT2D eigenvalue weighted by Crippen LogP contribution is -2.44. The van der Waals surface area contributed by atoms with Crippen molar-refractivity contribution in [1.82, 2.24) is 5.43 Å². The molecule has 0 amide bonds. The molecule has 5 N–H and O–H groups in total. The van der Waals surface area contributed by atoms with Gasteiger partial charge in [-0.3, -0.25) is 15.4 Å². The predicted molar refractivity (Wildman–Crippen MR) is 56.3 cm³/mol. The maximum atomic E-state index is 11.0. The summed E-state index contributed by atoms with van der Waals surface area (Å²) < 4.78 is 0. The summed E-state index contributed by atoms with van der Waals surface area (Å²) in [7, 11) is 0. The fourth-order valence-corrected chi connectivity index (χ4v) is 1.63. The van der Waals surface area contributed by atoms with E-state index in [-0.39, 0.29) is 12.3 Å². The largest absolute Gasteiger partial charge is 0.481 e. The first-order valence-electron chi connectivity index (χ1n) is 4.83. The van der Waals surface area contributed by atoms with Crippen molar-refractivity contribution in [3.05, 3.63) is 24.3 Å². The van der Waals surface area contributed by atoms with E-state index in [4.69, 9.17) is 16.1 Å². The van der Waals surface area contributed by atoms with Crippen molar-refractivity contribution >= 4 is 11.9 Å². The minimum Gasteiger partial charge on any atom is -0.481 e. The standard InChI is InChI=1S/C10H14N2O4/c11-12-8(10(15)16)5-7(9(13)14)6-3-1-2-4-6/h1-4,6-8,12H,5,11H2,(H,13,14)(H,15,16)/t7?,8-/m0/s1. The minimum atomic E-state index is -1.15. The van der Waals surface area contributed by atoms with Crippen molar-refractivity contribution in [1.29, 1.82) is 0 Å². The quantitative estimate of drug-likeness (QED) is 0.366. The highest BCUT2D eigenvalue weighted by molar-refractivity contribution is 5.76. The van der Waals surface area contributed by atoms with Gasteiger partial charge < -0.3 is 10.2 Å². The van der Waals surface area contributed by atoms with Crippen molar-refractivity contribution in [2.75, 3.05) is 0 Å². The van der Waals surface area contributed by atoms with E-state index in [9.17, 15) is 9.59 Å². The number of carboxylic acids is 2. The lowest BCUT2D eigenvalue weighted by Gasteiger charge is -2.20. The number of nitrogens with one attached hydrogen (secondary N) is 1. The molecule has 0 radical (unpaired) electrons. The zero-order valence-electron chi connectivity index (χ0n) is 8.54. The van der Waals surface area contributed by atoms with Crippen LogP contribution in [0.3, 0.4) is 0 Å². The maximum Gasteiger partial charge on any atom is 0.322 e. The van der Waals surface area contributed by atoms with Crippen LogP contribution < -0.4 is 11.3 Å². The molecule has 0 aromatic heterocycles. The van der Waals surface area contributed by atoms with E-state index in [1.54, 1.807) is 24.3 Å². The van der Waals surface area contributed by atoms with Crippen LogP contribution in [0.2, 0.25) is 0 Å². The smallest absolute Gasteiger partial charge is 0.322 e. The molecule has 1 unspecified atom stereocenters. The van der Waals surface area contributed by atoms with Crippen LogP contribution in [0.4, 0.5) is 0 Å². The summed E-state index contributed by atoms with van der Waals surface area (Å²) in [6, 6.07) is -1.05. The molecule has 6 nitrogen and oxygen atoms in total. The van der Waals surface area contributed by atoms with Gasteiger partial charge in [0.05, 0.1) is 5.92 Å². The van der Waals surface area contributed by atoms with Crippen LogP contribution in [0.25, 0.3) is 0 Å². The molecule has 0 spiro atoms. The summed E-state index contributed by atoms with van der Waals surface area (Å²) in [6.07, 6.45) is 6.89. The second-order valence-electron chi connectivity index (χ2n) is 3.59. The second-order valence-corrected chi connectivity index (χ2v) is 3.59. The Hall–Kier alpha value is -1.66. The van der Waals surface area contributed by atoms with Crippen LogP contribution in [0.1, 0.15) is 6.42 Å². The van der Waals surface area contributed by atoms with Crippen LogP contribution in [-0.4, -0.2) is 28.2 Å². The molecular weight excluding hydrogens is 212 g/mol. The number of hydrogen-bond donors (Lipinski definition) is 4. The molecule has 1 aliphatic carbocycles. The summed E-state index contributed by atoms with van der Waals surface area (Å²) in [6.45, 7) is 0. The number of carboxylic acid groups (broad SMARTS) is 2. The topological polar surface area (TPSA) is 113 Å². The summed E-state index contributed by atoms with van der Waals surface area (Å²) in [5.74, 6) is 1.83. The molecule has 2 atom stereocenters. The monoisotopic (exact) mass is 226 g/mol. The Labute approximate surface area is 92.4 Å². The maximum absolute atomic E-state index is 11.0. The SMILES string of the molecule is NN[C@@H](CC(C(=O)O)C1C=CC=C1)C(=O)O. The fraction of sp³-hybridized carbons (Fsp3) is 0.400. The lowest BCUT2D eigenvalue weighted by molar-refractivity contribution is -0.144. The normalized spacial score (nSPS) is 18.6. The Balaban J connectivity index is 2.71. The van der Waals surface area contributed by atoms with E-state index < -0.39 is 23.9 Å². The van der Waals surface area contributed by atoms with Crippen LogP contribution in [0.15, 0.2) is 24.3 Å². The van der Waals surface area contributed by atoms with Crippen molar-refractivity contribution in [3.8, 4) is 0 Å². The Bertz CT molecular complexity index is 326. The highest BCUT2D eigenvalue weighted by Gasteiger charge is 2.31. The summed E-state index contributed by atoms with van der Waals surface area (Å²) in [5, 5.41) is 17.8. The van der Waals surface area contributed by atoms with Gasteiger partial charge in [0.2, 0.25) is 0 Å². The molecule has 0 heterocycles. The molecular formula is C10H14N2O4. The first-order valence-corrected chi connectivity index (χ1v) is 4.83. The number of rotatable bonds is 6. The van der Waals surface area contributed by atoms with Gasteiger partial charge in [-0.15, -0.1) is 0 Å². The molecule has 6 heteroatoms. The Morgan fingerprint density at radius 1 is 1.25 bits per heavy atom. The number of hydrazine groups is 1. The zero-order valence-corrected chi connectivity index (χ0v) is 8.54. The zero-order chi connectivity index (χ0) is 12.1. The third-order valence-corrected chi connectivity index (χ3v) is 2.55. The molecule has 1 aliphatic rings. The van der Waals surface area contributed by atoms with Crippen molar-refractivity contribution in [2.45, 2.75) is 12.5 Å². The van der Waals surface area contributed by atoms with E-state index in [2.05, 4.69) is 5.43 Å². The molecule has 0 saturated heterocycles. The van der Waals surface area contributed by atoms with E-state index in [1.807, 2.05) is 0 Å². The number of nitrogens with two attached hydrogens (primary N) is 1. The van der Waals surface area contributed by atoms with Crippen LogP contribution in [0, 0.1) is 11.8 Å². The van der Waals surface area contributed by atoms with Gasteiger partial charge in [-0.05, 0) is 6.42 Å². The molecule has 0 bridgehead atoms. The van der Waals surface area contributed by atoms with Gasteiger partial charge in [0.25, 0.3) is 0 Å². The van der Waals surface area contributed by atoms with Gasteiger partial charge in [0, 0.05) is 5.92 Å². The molecule has 0 aromatic carbocycles. The Morgan fingerprint density at radius 2 is 1.81 bits per heavy atom. The third kappa shape index (κ3) is 2.91. The van der Waals surface area contributed by atoms with E-state index in [0.29, 0.717) is 0 Å². The summed E-state index contributed by atoms with van der Waals surface area (Å²) in [5.41, 5.74) is 2.10. The van der Waals surface area contributed by atoms with Gasteiger partial charge >= 0.3 is 11.9 Å². The first-order chi connectivity index (χ1) is 7.56.